The number of nitrogens with one attached hydrogen (secondary N) is 7. The van der Waals surface area contributed by atoms with Crippen LogP contribution in [0.1, 0.15) is 95.8 Å². The average molecular weight is 1180 g/mol. The minimum Gasteiger partial charge on any atom is -0.504 e. The Hall–Kier alpha value is -6.83. The molecule has 85 heavy (non-hydrogen) atoms. The number of benzene rings is 2. The van der Waals surface area contributed by atoms with Crippen LogP contribution in [-0.4, -0.2) is 201 Å². The van der Waals surface area contributed by atoms with E-state index in [1.807, 2.05) is 15.9 Å². The number of morpholine rings is 2. The van der Waals surface area contributed by atoms with Gasteiger partial charge < -0.3 is 66.0 Å². The third kappa shape index (κ3) is 16.6. The number of epoxide rings is 2. The van der Waals surface area contributed by atoms with E-state index in [1.54, 1.807) is 45.0 Å². The van der Waals surface area contributed by atoms with E-state index in [9.17, 15) is 48.3 Å². The lowest BCUT2D eigenvalue weighted by Crippen LogP contribution is -2.57. The third-order valence-corrected chi connectivity index (χ3v) is 17.7. The van der Waals surface area contributed by atoms with Gasteiger partial charge in [-0.1, -0.05) is 29.8 Å². The summed E-state index contributed by atoms with van der Waals surface area (Å²) in [6.45, 7) is 11.3. The van der Waals surface area contributed by atoms with Crippen molar-refractivity contribution in [3.8, 4) is 11.5 Å². The van der Waals surface area contributed by atoms with Gasteiger partial charge in [0, 0.05) is 51.1 Å². The van der Waals surface area contributed by atoms with Crippen molar-refractivity contribution in [1.82, 2.24) is 41.7 Å². The van der Waals surface area contributed by atoms with Gasteiger partial charge in [0.25, 0.3) is 0 Å². The Kier molecular flexibility index (Phi) is 20.1. The number of rotatable bonds is 27. The fourth-order valence-electron chi connectivity index (χ4n) is 12.4. The van der Waals surface area contributed by atoms with Crippen LogP contribution in [0.5, 0.6) is 11.5 Å². The van der Waals surface area contributed by atoms with Gasteiger partial charge in [-0.2, -0.15) is 0 Å². The highest BCUT2D eigenvalue weighted by Gasteiger charge is 2.53. The number of ether oxygens (including phenoxy) is 5. The van der Waals surface area contributed by atoms with E-state index in [2.05, 4.69) is 43.3 Å². The molecule has 2 unspecified atom stereocenters. The molecule has 2 aliphatic carbocycles. The first-order chi connectivity index (χ1) is 40.6. The normalized spacial score (nSPS) is 25.7. The maximum atomic E-state index is 14.7. The predicted octanol–water partition coefficient (Wildman–Crippen LogP) is 0.687. The van der Waals surface area contributed by atoms with Gasteiger partial charge in [-0.05, 0) is 125 Å². The minimum atomic E-state index is -1.25. The topological polar surface area (TPSA) is 317 Å². The molecule has 462 valence electrons. The van der Waals surface area contributed by atoms with E-state index >= 15 is 0 Å². The summed E-state index contributed by atoms with van der Waals surface area (Å²) < 4.78 is 27.3. The average Bonchev–Trinajstić information content (AvgIpc) is 3.56. The van der Waals surface area contributed by atoms with Gasteiger partial charge in [0.05, 0.1) is 71.9 Å². The van der Waals surface area contributed by atoms with Gasteiger partial charge in [-0.15, -0.1) is 0 Å². The Morgan fingerprint density at radius 1 is 0.682 bits per heavy atom. The molecular weight excluding hydrogens is 1100 g/mol. The number of allylic oxidation sites excluding steroid dienone is 1. The summed E-state index contributed by atoms with van der Waals surface area (Å²) in [5.74, 6) is -3.83. The summed E-state index contributed by atoms with van der Waals surface area (Å²) in [7, 11) is 1.41. The summed E-state index contributed by atoms with van der Waals surface area (Å²) >= 11 is 0. The molecule has 2 aromatic carbocycles. The first-order valence-corrected chi connectivity index (χ1v) is 29.8. The van der Waals surface area contributed by atoms with Crippen LogP contribution in [0.15, 0.2) is 48.0 Å². The number of hydrogen-bond donors (Lipinski definition) is 8. The number of aromatic hydroxyl groups is 1. The van der Waals surface area contributed by atoms with E-state index in [0.29, 0.717) is 102 Å². The number of carbonyl (C=O) groups is 9. The number of Topliss-reactive ketones (excluding diaryl/α,β-unsaturated/α-hetero) is 2. The van der Waals surface area contributed by atoms with Gasteiger partial charge in [0.15, 0.2) is 23.1 Å². The number of phenols is 1. The molecule has 5 heterocycles. The fourth-order valence-corrected chi connectivity index (χ4v) is 12.4. The number of hydrogen-bond acceptors (Lipinski definition) is 17. The van der Waals surface area contributed by atoms with E-state index in [0.717, 1.165) is 29.5 Å². The van der Waals surface area contributed by atoms with E-state index < -0.39 is 71.1 Å². The van der Waals surface area contributed by atoms with Crippen LogP contribution >= 0.6 is 0 Å². The van der Waals surface area contributed by atoms with E-state index in [4.69, 9.17) is 23.7 Å². The van der Waals surface area contributed by atoms with Crippen LogP contribution in [-0.2, 0) is 81.4 Å². The lowest BCUT2D eigenvalue weighted by atomic mass is 9.80. The van der Waals surface area contributed by atoms with Crippen LogP contribution in [0.25, 0.3) is 0 Å². The number of anilines is 1. The SMILES string of the molecule is COc1ccc(C[C@H](NC(=O)[C@H](C)NC(=O)CN2CCOCC2)C(=O)N[C@@H](CC2=CCC3(CCC(C[C@H](NC(=O)[C@H](Cc4ccc5c(c4)CCC(=O)N5)NC(=O)[C@H](C)NC(=O)CN4CCOCC4)C(=O)[C@@]4(C)CO4)C3)C2)C(=O)[C@@]2(C)CO2)cc1O. The monoisotopic (exact) mass is 1180 g/mol. The first-order valence-electron chi connectivity index (χ1n) is 29.8. The standard InChI is InChI=1S/C61H83N9O15/c1-36(62-51(73)32-69-16-20-82-21-17-69)55(77)67-46(25-38-6-9-43-42(24-38)8-11-50(72)64-43)57(79)65-44(53(75)59(3)34-84-59)27-40-12-14-61(30-40)15-13-41(31-61)28-45(54(76)60(4)35-85-60)66-58(80)47(26-39-7-10-49(81-5)48(71)29-39)68-56(78)37(2)63-52(74)33-70-18-22-83-23-19-70/h6-7,9-10,13,24,29,36-37,40,44-47,71H,8,11-12,14-23,25-28,30-35H2,1-5H3,(H,62,73)(H,63,74)(H,64,72)(H,65,79)(H,66,80)(H,67,77)(H,68,78)/t36-,37-,40?,44-,45-,46-,47-,59+,60+,61?/m0/s1. The summed E-state index contributed by atoms with van der Waals surface area (Å²) in [6.07, 6.45) is 6.89. The number of methoxy groups -OCH3 is 1. The zero-order chi connectivity index (χ0) is 60.6. The fraction of sp³-hybridized carbons (Fsp3) is 0.623. The van der Waals surface area contributed by atoms with Crippen LogP contribution < -0.4 is 42.0 Å². The van der Waals surface area contributed by atoms with Gasteiger partial charge in [0.2, 0.25) is 41.4 Å². The summed E-state index contributed by atoms with van der Waals surface area (Å²) in [5, 5.41) is 30.7. The van der Waals surface area contributed by atoms with Crippen molar-refractivity contribution in [2.75, 3.05) is 91.3 Å². The van der Waals surface area contributed by atoms with Crippen molar-refractivity contribution in [2.24, 2.45) is 11.3 Å². The Balaban J connectivity index is 0.859. The molecule has 8 N–H and O–H groups in total. The Morgan fingerprint density at radius 3 is 1.74 bits per heavy atom. The summed E-state index contributed by atoms with van der Waals surface area (Å²) in [4.78, 5) is 128. The molecule has 24 heteroatoms. The highest BCUT2D eigenvalue weighted by Crippen LogP contribution is 2.54. The zero-order valence-corrected chi connectivity index (χ0v) is 49.4. The van der Waals surface area contributed by atoms with Gasteiger partial charge in [-0.25, -0.2) is 0 Å². The molecule has 5 fully saturated rings. The summed E-state index contributed by atoms with van der Waals surface area (Å²) in [6, 6.07) is 3.64. The number of aryl methyl sites for hydroxylation is 1. The third-order valence-electron chi connectivity index (χ3n) is 17.7. The molecule has 24 nitrogen and oxygen atoms in total. The largest absolute Gasteiger partial charge is 0.504 e. The number of phenolic OH excluding ortho intramolecular Hbond substituents is 1. The van der Waals surface area contributed by atoms with Crippen LogP contribution in [0.2, 0.25) is 0 Å². The van der Waals surface area contributed by atoms with Crippen molar-refractivity contribution in [3.63, 3.8) is 0 Å². The molecule has 0 bridgehead atoms. The molecule has 0 radical (unpaired) electrons. The second kappa shape index (κ2) is 27.3. The van der Waals surface area contributed by atoms with E-state index in [-0.39, 0.29) is 97.7 Å². The molecule has 7 aliphatic rings. The van der Waals surface area contributed by atoms with Gasteiger partial charge in [0.1, 0.15) is 35.4 Å². The zero-order valence-electron chi connectivity index (χ0n) is 49.4. The first kappa shape index (κ1) is 62.7. The molecule has 1 saturated carbocycles. The molecule has 2 aromatic rings. The minimum absolute atomic E-state index is 0.0147. The van der Waals surface area contributed by atoms with Crippen LogP contribution in [0.3, 0.4) is 0 Å². The molecule has 5 aliphatic heterocycles. The van der Waals surface area contributed by atoms with Crippen molar-refractivity contribution >= 4 is 58.6 Å². The van der Waals surface area contributed by atoms with E-state index in [1.165, 1.54) is 20.1 Å². The maximum Gasteiger partial charge on any atom is 0.243 e. The van der Waals surface area contributed by atoms with Crippen molar-refractivity contribution in [3.05, 3.63) is 64.7 Å². The Morgan fingerprint density at radius 2 is 1.20 bits per heavy atom. The lowest BCUT2D eigenvalue weighted by molar-refractivity contribution is -0.134. The quantitative estimate of drug-likeness (QED) is 0.0451. The summed E-state index contributed by atoms with van der Waals surface area (Å²) in [5.41, 5.74) is 1.28. The molecular formula is C61H83N9O15. The highest BCUT2D eigenvalue weighted by molar-refractivity contribution is 6.00. The smallest absolute Gasteiger partial charge is 0.243 e. The Labute approximate surface area is 495 Å². The second-order valence-corrected chi connectivity index (χ2v) is 24.6. The number of ketones is 2. The molecule has 9 rings (SSSR count). The number of nitrogens with zero attached hydrogens (tertiary/aromatic N) is 2. The number of carbonyl (C=O) groups excluding carboxylic acids is 9. The van der Waals surface area contributed by atoms with Crippen molar-refractivity contribution in [2.45, 2.75) is 146 Å². The predicted molar refractivity (Wildman–Crippen MR) is 308 cm³/mol. The molecule has 1 spiro atoms. The number of amides is 7. The van der Waals surface area contributed by atoms with Gasteiger partial charge >= 0.3 is 0 Å². The molecule has 0 aromatic heterocycles. The number of fused-ring (bicyclic) bond motifs is 1. The van der Waals surface area contributed by atoms with Crippen LogP contribution in [0, 0.1) is 11.3 Å². The second-order valence-electron chi connectivity index (χ2n) is 24.6. The molecule has 7 amide bonds. The van der Waals surface area contributed by atoms with Crippen LogP contribution in [0.4, 0.5) is 5.69 Å². The van der Waals surface area contributed by atoms with Gasteiger partial charge in [-0.3, -0.25) is 53.0 Å². The lowest BCUT2D eigenvalue weighted by Gasteiger charge is -2.29. The maximum absolute atomic E-state index is 14.7. The van der Waals surface area contributed by atoms with Crippen molar-refractivity contribution < 1.29 is 71.9 Å². The molecule has 10 atom stereocenters. The highest BCUT2D eigenvalue weighted by atomic mass is 16.6. The Bertz CT molecular complexity index is 2900. The molecule has 4 saturated heterocycles. The van der Waals surface area contributed by atoms with Crippen molar-refractivity contribution in [1.29, 1.82) is 0 Å².